The second-order valence-corrected chi connectivity index (χ2v) is 3.94. The Morgan fingerprint density at radius 3 is 2.64 bits per heavy atom. The first-order valence-corrected chi connectivity index (χ1v) is 4.75. The lowest BCUT2D eigenvalue weighted by molar-refractivity contribution is 0.00161. The molecule has 0 amide bonds. The fourth-order valence-corrected chi connectivity index (χ4v) is 1.27. The number of hydrogen-bond donors (Lipinski definition) is 2. The fourth-order valence-electron chi connectivity index (χ4n) is 1.27. The Morgan fingerprint density at radius 2 is 2.29 bits per heavy atom. The molecule has 0 radical (unpaired) electrons. The highest BCUT2D eigenvalue weighted by molar-refractivity contribution is 4.96. The van der Waals surface area contributed by atoms with Gasteiger partial charge >= 0.3 is 0 Å². The molecular weight excluding hydrogens is 180 g/mol. The Labute approximate surface area is 83.9 Å². The summed E-state index contributed by atoms with van der Waals surface area (Å²) in [5.74, 6) is 0.857. The molecule has 1 aromatic heterocycles. The van der Waals surface area contributed by atoms with Gasteiger partial charge in [-0.25, -0.2) is 4.98 Å². The van der Waals surface area contributed by atoms with E-state index in [-0.39, 0.29) is 12.5 Å². The van der Waals surface area contributed by atoms with Crippen LogP contribution in [0.1, 0.15) is 19.7 Å². The van der Waals surface area contributed by atoms with Gasteiger partial charge in [-0.05, 0) is 5.92 Å². The van der Waals surface area contributed by atoms with Crippen molar-refractivity contribution in [2.24, 2.45) is 18.7 Å². The van der Waals surface area contributed by atoms with Gasteiger partial charge in [0.05, 0.1) is 5.60 Å². The van der Waals surface area contributed by atoms with Crippen LogP contribution in [0.25, 0.3) is 0 Å². The summed E-state index contributed by atoms with van der Waals surface area (Å²) in [5, 5.41) is 14.1. The van der Waals surface area contributed by atoms with Crippen LogP contribution in [0.4, 0.5) is 0 Å². The number of rotatable bonds is 4. The van der Waals surface area contributed by atoms with Crippen molar-refractivity contribution in [3.05, 3.63) is 12.2 Å². The van der Waals surface area contributed by atoms with E-state index in [1.807, 2.05) is 13.8 Å². The van der Waals surface area contributed by atoms with Crippen LogP contribution in [0.5, 0.6) is 0 Å². The molecule has 0 aliphatic carbocycles. The Bertz CT molecular complexity index is 297. The van der Waals surface area contributed by atoms with Crippen molar-refractivity contribution in [2.75, 3.05) is 6.54 Å². The first-order chi connectivity index (χ1) is 6.49. The zero-order valence-corrected chi connectivity index (χ0v) is 8.94. The van der Waals surface area contributed by atoms with Gasteiger partial charge in [-0.15, -0.1) is 0 Å². The second-order valence-electron chi connectivity index (χ2n) is 3.94. The zero-order valence-electron chi connectivity index (χ0n) is 8.94. The molecular formula is C9H18N4O. The van der Waals surface area contributed by atoms with Gasteiger partial charge in [0.2, 0.25) is 0 Å². The SMILES string of the molecule is CC(C)C(O)(CN)Cc1ncnn1C. The lowest BCUT2D eigenvalue weighted by Gasteiger charge is -2.30. The van der Waals surface area contributed by atoms with E-state index >= 15 is 0 Å². The molecule has 5 heteroatoms. The van der Waals surface area contributed by atoms with Gasteiger partial charge in [-0.3, -0.25) is 4.68 Å². The number of aliphatic hydroxyl groups is 1. The quantitative estimate of drug-likeness (QED) is 0.696. The van der Waals surface area contributed by atoms with Crippen LogP contribution in [-0.2, 0) is 13.5 Å². The first-order valence-electron chi connectivity index (χ1n) is 4.75. The summed E-state index contributed by atoms with van der Waals surface area (Å²) in [4.78, 5) is 4.07. The van der Waals surface area contributed by atoms with Gasteiger partial charge in [-0.2, -0.15) is 5.10 Å². The summed E-state index contributed by atoms with van der Waals surface area (Å²) in [6.45, 7) is 4.13. The highest BCUT2D eigenvalue weighted by Gasteiger charge is 2.31. The van der Waals surface area contributed by atoms with Gasteiger partial charge in [0.25, 0.3) is 0 Å². The van der Waals surface area contributed by atoms with Crippen LogP contribution in [0, 0.1) is 5.92 Å². The molecule has 3 N–H and O–H groups in total. The summed E-state index contributed by atoms with van der Waals surface area (Å²) < 4.78 is 1.66. The summed E-state index contributed by atoms with van der Waals surface area (Å²) in [7, 11) is 1.81. The van der Waals surface area contributed by atoms with E-state index in [1.54, 1.807) is 11.7 Å². The second kappa shape index (κ2) is 4.06. The number of aromatic nitrogens is 3. The molecule has 1 rings (SSSR count). The molecule has 1 heterocycles. The van der Waals surface area contributed by atoms with Crippen molar-refractivity contribution in [1.82, 2.24) is 14.8 Å². The fraction of sp³-hybridized carbons (Fsp3) is 0.778. The average Bonchev–Trinajstić information content (AvgIpc) is 2.51. The van der Waals surface area contributed by atoms with Gasteiger partial charge in [0.1, 0.15) is 12.2 Å². The van der Waals surface area contributed by atoms with Crippen LogP contribution in [0.15, 0.2) is 6.33 Å². The van der Waals surface area contributed by atoms with Crippen LogP contribution in [0.2, 0.25) is 0 Å². The monoisotopic (exact) mass is 198 g/mol. The van der Waals surface area contributed by atoms with E-state index in [9.17, 15) is 5.11 Å². The smallest absolute Gasteiger partial charge is 0.138 e. The third-order valence-corrected chi connectivity index (χ3v) is 2.70. The van der Waals surface area contributed by atoms with E-state index in [1.165, 1.54) is 6.33 Å². The van der Waals surface area contributed by atoms with E-state index in [0.717, 1.165) is 5.82 Å². The lowest BCUT2D eigenvalue weighted by Crippen LogP contribution is -2.45. The van der Waals surface area contributed by atoms with Gasteiger partial charge < -0.3 is 10.8 Å². The molecule has 14 heavy (non-hydrogen) atoms. The normalized spacial score (nSPS) is 15.9. The van der Waals surface area contributed by atoms with Gasteiger partial charge in [-0.1, -0.05) is 13.8 Å². The van der Waals surface area contributed by atoms with Crippen molar-refractivity contribution in [2.45, 2.75) is 25.9 Å². The van der Waals surface area contributed by atoms with Crippen LogP contribution < -0.4 is 5.73 Å². The number of aryl methyl sites for hydroxylation is 1. The minimum atomic E-state index is -0.888. The van der Waals surface area contributed by atoms with Gasteiger partial charge in [0.15, 0.2) is 0 Å². The molecule has 0 saturated heterocycles. The van der Waals surface area contributed by atoms with Crippen LogP contribution in [0.3, 0.4) is 0 Å². The van der Waals surface area contributed by atoms with Gasteiger partial charge in [0, 0.05) is 20.0 Å². The molecule has 0 saturated carbocycles. The lowest BCUT2D eigenvalue weighted by atomic mass is 9.87. The third-order valence-electron chi connectivity index (χ3n) is 2.70. The molecule has 0 fully saturated rings. The first kappa shape index (κ1) is 11.1. The standard InChI is InChI=1S/C9H18N4O/c1-7(2)9(14,5-10)4-8-11-6-12-13(8)3/h6-7,14H,4-5,10H2,1-3H3. The molecule has 0 aliphatic rings. The highest BCUT2D eigenvalue weighted by atomic mass is 16.3. The molecule has 1 unspecified atom stereocenters. The number of hydrogen-bond acceptors (Lipinski definition) is 4. The van der Waals surface area contributed by atoms with Crippen LogP contribution in [-0.4, -0.2) is 32.0 Å². The Kier molecular flexibility index (Phi) is 3.23. The van der Waals surface area contributed by atoms with E-state index in [0.29, 0.717) is 6.42 Å². The van der Waals surface area contributed by atoms with Crippen molar-refractivity contribution >= 4 is 0 Å². The maximum atomic E-state index is 10.2. The highest BCUT2D eigenvalue weighted by Crippen LogP contribution is 2.19. The summed E-state index contributed by atoms with van der Waals surface area (Å²) >= 11 is 0. The van der Waals surface area contributed by atoms with Crippen LogP contribution >= 0.6 is 0 Å². The predicted octanol–water partition coefficient (Wildman–Crippen LogP) is -0.297. The maximum Gasteiger partial charge on any atom is 0.138 e. The zero-order chi connectivity index (χ0) is 10.8. The van der Waals surface area contributed by atoms with E-state index < -0.39 is 5.60 Å². The summed E-state index contributed by atoms with van der Waals surface area (Å²) in [6.07, 6.45) is 1.92. The minimum absolute atomic E-state index is 0.101. The molecule has 0 bridgehead atoms. The molecule has 0 spiro atoms. The number of nitrogens with two attached hydrogens (primary N) is 1. The summed E-state index contributed by atoms with van der Waals surface area (Å²) in [5.41, 5.74) is 4.68. The predicted molar refractivity (Wildman–Crippen MR) is 53.5 cm³/mol. The molecule has 1 atom stereocenters. The maximum absolute atomic E-state index is 10.2. The molecule has 80 valence electrons. The summed E-state index contributed by atoms with van der Waals surface area (Å²) in [6, 6.07) is 0. The van der Waals surface area contributed by atoms with Crippen molar-refractivity contribution in [3.63, 3.8) is 0 Å². The molecule has 1 aromatic rings. The Balaban J connectivity index is 2.80. The van der Waals surface area contributed by atoms with E-state index in [2.05, 4.69) is 10.1 Å². The minimum Gasteiger partial charge on any atom is -0.388 e. The molecule has 5 nitrogen and oxygen atoms in total. The Hall–Kier alpha value is -0.940. The van der Waals surface area contributed by atoms with Crippen molar-refractivity contribution in [1.29, 1.82) is 0 Å². The topological polar surface area (TPSA) is 77.0 Å². The van der Waals surface area contributed by atoms with Crippen molar-refractivity contribution in [3.8, 4) is 0 Å². The molecule has 0 aromatic carbocycles. The third kappa shape index (κ3) is 2.10. The number of nitrogens with zero attached hydrogens (tertiary/aromatic N) is 3. The largest absolute Gasteiger partial charge is 0.388 e. The average molecular weight is 198 g/mol. The Morgan fingerprint density at radius 1 is 1.64 bits per heavy atom. The van der Waals surface area contributed by atoms with E-state index in [4.69, 9.17) is 5.73 Å². The molecule has 0 aliphatic heterocycles. The van der Waals surface area contributed by atoms with Crippen molar-refractivity contribution < 1.29 is 5.11 Å².